The zero-order valence-corrected chi connectivity index (χ0v) is 12.4. The predicted molar refractivity (Wildman–Crippen MR) is 83.6 cm³/mol. The lowest BCUT2D eigenvalue weighted by atomic mass is 10.1. The van der Waals surface area contributed by atoms with E-state index in [2.05, 4.69) is 10.3 Å². The van der Waals surface area contributed by atoms with Crippen molar-refractivity contribution >= 4 is 17.2 Å². The van der Waals surface area contributed by atoms with Crippen LogP contribution in [-0.4, -0.2) is 22.5 Å². The second kappa shape index (κ2) is 6.55. The second-order valence-electron chi connectivity index (χ2n) is 4.73. The summed E-state index contributed by atoms with van der Waals surface area (Å²) in [5.41, 5.74) is 2.19. The van der Waals surface area contributed by atoms with Gasteiger partial charge < -0.3 is 14.8 Å². The summed E-state index contributed by atoms with van der Waals surface area (Å²) in [6.45, 7) is 0.180. The van der Waals surface area contributed by atoms with Gasteiger partial charge in [-0.25, -0.2) is 4.98 Å². The molecule has 0 aliphatic heterocycles. The molecule has 6 heteroatoms. The van der Waals surface area contributed by atoms with Crippen LogP contribution in [0.1, 0.15) is 22.0 Å². The second-order valence-corrected chi connectivity index (χ2v) is 5.51. The number of aromatic nitrogens is 1. The molecule has 1 atom stereocenters. The van der Waals surface area contributed by atoms with E-state index in [9.17, 15) is 9.90 Å². The minimum absolute atomic E-state index is 0.180. The van der Waals surface area contributed by atoms with Crippen LogP contribution in [0, 0.1) is 0 Å². The molecule has 1 unspecified atom stereocenters. The van der Waals surface area contributed by atoms with Gasteiger partial charge in [0.25, 0.3) is 5.91 Å². The largest absolute Gasteiger partial charge is 0.444 e. The number of hydrogen-bond acceptors (Lipinski definition) is 5. The molecule has 112 valence electrons. The number of thiophene rings is 1. The summed E-state index contributed by atoms with van der Waals surface area (Å²) in [7, 11) is 0. The molecule has 0 aliphatic carbocycles. The van der Waals surface area contributed by atoms with Crippen LogP contribution < -0.4 is 5.32 Å². The maximum absolute atomic E-state index is 12.1. The van der Waals surface area contributed by atoms with Crippen LogP contribution in [0.15, 0.2) is 58.1 Å². The summed E-state index contributed by atoms with van der Waals surface area (Å²) >= 11 is 1.51. The normalized spacial score (nSPS) is 12.0. The minimum atomic E-state index is -0.691. The highest BCUT2D eigenvalue weighted by Crippen LogP contribution is 2.19. The van der Waals surface area contributed by atoms with Crippen molar-refractivity contribution in [1.82, 2.24) is 10.3 Å². The monoisotopic (exact) mass is 314 g/mol. The summed E-state index contributed by atoms with van der Waals surface area (Å²) < 4.78 is 5.20. The molecule has 0 saturated carbocycles. The van der Waals surface area contributed by atoms with Crippen LogP contribution in [0.2, 0.25) is 0 Å². The third-order valence-corrected chi connectivity index (χ3v) is 3.95. The van der Waals surface area contributed by atoms with Crippen molar-refractivity contribution < 1.29 is 14.3 Å². The fraction of sp³-hybridized carbons (Fsp3) is 0.125. The molecule has 0 radical (unpaired) electrons. The van der Waals surface area contributed by atoms with Crippen molar-refractivity contribution in [2.24, 2.45) is 0 Å². The van der Waals surface area contributed by atoms with E-state index in [0.717, 1.165) is 11.1 Å². The van der Waals surface area contributed by atoms with Crippen LogP contribution in [0.4, 0.5) is 0 Å². The Balaban J connectivity index is 1.60. The van der Waals surface area contributed by atoms with E-state index in [4.69, 9.17) is 4.42 Å². The number of oxazole rings is 1. The van der Waals surface area contributed by atoms with E-state index in [1.807, 2.05) is 16.8 Å². The Hall–Kier alpha value is -2.44. The molecule has 0 aliphatic rings. The highest BCUT2D eigenvalue weighted by molar-refractivity contribution is 7.07. The zero-order valence-electron chi connectivity index (χ0n) is 11.6. The molecule has 2 aromatic heterocycles. The van der Waals surface area contributed by atoms with Crippen LogP contribution in [0.5, 0.6) is 0 Å². The number of rotatable bonds is 5. The highest BCUT2D eigenvalue weighted by atomic mass is 32.1. The molecular weight excluding hydrogens is 300 g/mol. The predicted octanol–water partition coefficient (Wildman–Crippen LogP) is 2.87. The quantitative estimate of drug-likeness (QED) is 0.759. The van der Waals surface area contributed by atoms with Gasteiger partial charge in [0.2, 0.25) is 0 Å². The number of benzene rings is 1. The Morgan fingerprint density at radius 2 is 2.14 bits per heavy atom. The van der Waals surface area contributed by atoms with Gasteiger partial charge in [-0.3, -0.25) is 4.79 Å². The third kappa shape index (κ3) is 3.24. The molecule has 1 aromatic carbocycles. The molecule has 0 bridgehead atoms. The van der Waals surface area contributed by atoms with E-state index in [1.165, 1.54) is 17.7 Å². The first-order chi connectivity index (χ1) is 10.7. The van der Waals surface area contributed by atoms with Gasteiger partial charge in [0.15, 0.2) is 12.2 Å². The molecule has 2 heterocycles. The SMILES string of the molecule is O=C(NCC(O)c1ccsc1)c1ccc(-c2cnco2)cc1. The Kier molecular flexibility index (Phi) is 4.32. The summed E-state index contributed by atoms with van der Waals surface area (Å²) in [6.07, 6.45) is 2.29. The number of nitrogens with one attached hydrogen (secondary N) is 1. The van der Waals surface area contributed by atoms with Crippen molar-refractivity contribution in [1.29, 1.82) is 0 Å². The lowest BCUT2D eigenvalue weighted by Gasteiger charge is -2.10. The first-order valence-corrected chi connectivity index (χ1v) is 7.65. The number of nitrogens with zero attached hydrogens (tertiary/aromatic N) is 1. The van der Waals surface area contributed by atoms with Crippen LogP contribution >= 0.6 is 11.3 Å². The number of aliphatic hydroxyl groups is 1. The maximum atomic E-state index is 12.1. The molecule has 0 saturated heterocycles. The standard InChI is InChI=1S/C16H14N2O3S/c19-14(13-5-6-22-9-13)7-18-16(20)12-3-1-11(2-4-12)15-8-17-10-21-15/h1-6,8-10,14,19H,7H2,(H,18,20). The summed E-state index contributed by atoms with van der Waals surface area (Å²) in [4.78, 5) is 15.9. The summed E-state index contributed by atoms with van der Waals surface area (Å²) in [6, 6.07) is 8.86. The van der Waals surface area contributed by atoms with Gasteiger partial charge in [-0.05, 0) is 34.5 Å². The third-order valence-electron chi connectivity index (χ3n) is 3.25. The van der Waals surface area contributed by atoms with E-state index in [1.54, 1.807) is 30.5 Å². The Bertz CT molecular complexity index is 721. The molecular formula is C16H14N2O3S. The number of carbonyl (C=O) groups is 1. The van der Waals surface area contributed by atoms with Crippen molar-refractivity contribution in [3.05, 3.63) is 64.8 Å². The minimum Gasteiger partial charge on any atom is -0.444 e. The van der Waals surface area contributed by atoms with Gasteiger partial charge in [-0.1, -0.05) is 12.1 Å². The van der Waals surface area contributed by atoms with E-state index in [-0.39, 0.29) is 12.5 Å². The van der Waals surface area contributed by atoms with Gasteiger partial charge in [0, 0.05) is 17.7 Å². The molecule has 0 spiro atoms. The maximum Gasteiger partial charge on any atom is 0.251 e. The van der Waals surface area contributed by atoms with Crippen molar-refractivity contribution in [3.63, 3.8) is 0 Å². The molecule has 3 aromatic rings. The smallest absolute Gasteiger partial charge is 0.251 e. The average Bonchev–Trinajstić information content (AvgIpc) is 3.25. The van der Waals surface area contributed by atoms with Gasteiger partial charge >= 0.3 is 0 Å². The average molecular weight is 314 g/mol. The Morgan fingerprint density at radius 1 is 1.32 bits per heavy atom. The summed E-state index contributed by atoms with van der Waals surface area (Å²) in [5, 5.41) is 16.4. The number of aliphatic hydroxyl groups excluding tert-OH is 1. The molecule has 0 fully saturated rings. The number of amides is 1. The molecule has 3 rings (SSSR count). The van der Waals surface area contributed by atoms with Crippen LogP contribution in [-0.2, 0) is 0 Å². The van der Waals surface area contributed by atoms with E-state index >= 15 is 0 Å². The Labute approximate surface area is 131 Å². The van der Waals surface area contributed by atoms with Gasteiger partial charge in [0.05, 0.1) is 12.3 Å². The summed E-state index contributed by atoms with van der Waals surface area (Å²) in [5.74, 6) is 0.429. The fourth-order valence-electron chi connectivity index (χ4n) is 2.02. The van der Waals surface area contributed by atoms with Crippen LogP contribution in [0.3, 0.4) is 0 Å². The highest BCUT2D eigenvalue weighted by Gasteiger charge is 2.11. The Morgan fingerprint density at radius 3 is 2.77 bits per heavy atom. The number of carbonyl (C=O) groups excluding carboxylic acids is 1. The lowest BCUT2D eigenvalue weighted by Crippen LogP contribution is -2.28. The number of hydrogen-bond donors (Lipinski definition) is 2. The van der Waals surface area contributed by atoms with Gasteiger partial charge in [-0.2, -0.15) is 11.3 Å². The van der Waals surface area contributed by atoms with Crippen LogP contribution in [0.25, 0.3) is 11.3 Å². The van der Waals surface area contributed by atoms with E-state index < -0.39 is 6.10 Å². The molecule has 22 heavy (non-hydrogen) atoms. The van der Waals surface area contributed by atoms with Gasteiger partial charge in [-0.15, -0.1) is 0 Å². The lowest BCUT2D eigenvalue weighted by molar-refractivity contribution is 0.0916. The van der Waals surface area contributed by atoms with Gasteiger partial charge in [0.1, 0.15) is 0 Å². The van der Waals surface area contributed by atoms with Crippen molar-refractivity contribution in [2.45, 2.75) is 6.10 Å². The fourth-order valence-corrected chi connectivity index (χ4v) is 2.73. The zero-order chi connectivity index (χ0) is 15.4. The first kappa shape index (κ1) is 14.5. The van der Waals surface area contributed by atoms with Crippen molar-refractivity contribution in [3.8, 4) is 11.3 Å². The first-order valence-electron chi connectivity index (χ1n) is 6.71. The molecule has 2 N–H and O–H groups in total. The van der Waals surface area contributed by atoms with Crippen molar-refractivity contribution in [2.75, 3.05) is 6.54 Å². The van der Waals surface area contributed by atoms with E-state index in [0.29, 0.717) is 11.3 Å². The topological polar surface area (TPSA) is 75.4 Å². The molecule has 5 nitrogen and oxygen atoms in total. The molecule has 1 amide bonds.